The summed E-state index contributed by atoms with van der Waals surface area (Å²) in [6.45, 7) is 3.10. The summed E-state index contributed by atoms with van der Waals surface area (Å²) in [4.78, 5) is 24.3. The first-order valence-electron chi connectivity index (χ1n) is 7.09. The van der Waals surface area contributed by atoms with Gasteiger partial charge in [0.05, 0.1) is 17.9 Å². The maximum Gasteiger partial charge on any atom is 0.343 e. The van der Waals surface area contributed by atoms with Gasteiger partial charge in [-0.15, -0.1) is 0 Å². The van der Waals surface area contributed by atoms with Crippen molar-refractivity contribution in [2.45, 2.75) is 13.8 Å². The maximum atomic E-state index is 13.8. The van der Waals surface area contributed by atoms with Crippen molar-refractivity contribution < 1.29 is 32.0 Å². The molecule has 1 aromatic carbocycles. The number of nitrogens with zero attached hydrogens (tertiary/aromatic N) is 1. The third-order valence-corrected chi connectivity index (χ3v) is 2.98. The molecule has 0 unspecified atom stereocenters. The van der Waals surface area contributed by atoms with E-state index < -0.39 is 40.3 Å². The molecule has 25 heavy (non-hydrogen) atoms. The van der Waals surface area contributed by atoms with Crippen LogP contribution in [0, 0.1) is 24.4 Å². The number of benzene rings is 1. The van der Waals surface area contributed by atoms with E-state index in [0.717, 1.165) is 6.20 Å². The number of ketones is 1. The molecular formula is C16H13F3N2O4. The van der Waals surface area contributed by atoms with Crippen molar-refractivity contribution in [1.29, 1.82) is 0 Å². The highest BCUT2D eigenvalue weighted by Gasteiger charge is 2.25. The number of aryl methyl sites for hydroxylation is 1. The largest absolute Gasteiger partial charge is 0.462 e. The van der Waals surface area contributed by atoms with Crippen molar-refractivity contribution in [1.82, 2.24) is 5.16 Å². The minimum absolute atomic E-state index is 0.0505. The zero-order chi connectivity index (χ0) is 18.6. The van der Waals surface area contributed by atoms with Gasteiger partial charge < -0.3 is 14.6 Å². The lowest BCUT2D eigenvalue weighted by Crippen LogP contribution is -2.19. The van der Waals surface area contributed by atoms with E-state index in [1.54, 1.807) is 6.92 Å². The van der Waals surface area contributed by atoms with Crippen LogP contribution in [-0.4, -0.2) is 23.5 Å². The average Bonchev–Trinajstić information content (AvgIpc) is 2.96. The number of carbonyl (C=O) groups is 2. The zero-order valence-corrected chi connectivity index (χ0v) is 13.2. The lowest BCUT2D eigenvalue weighted by atomic mass is 10.0. The van der Waals surface area contributed by atoms with Gasteiger partial charge in [-0.3, -0.25) is 4.79 Å². The van der Waals surface area contributed by atoms with Gasteiger partial charge in [0.25, 0.3) is 0 Å². The first kappa shape index (κ1) is 18.2. The predicted molar refractivity (Wildman–Crippen MR) is 80.2 cm³/mol. The minimum Gasteiger partial charge on any atom is -0.462 e. The summed E-state index contributed by atoms with van der Waals surface area (Å²) < 4.78 is 49.7. The van der Waals surface area contributed by atoms with E-state index >= 15 is 0 Å². The number of hydrogen-bond acceptors (Lipinski definition) is 6. The van der Waals surface area contributed by atoms with Gasteiger partial charge in [-0.05, 0) is 19.9 Å². The molecule has 2 rings (SSSR count). The van der Waals surface area contributed by atoms with E-state index in [-0.39, 0.29) is 18.6 Å². The molecule has 0 aliphatic heterocycles. The van der Waals surface area contributed by atoms with Crippen molar-refractivity contribution in [2.24, 2.45) is 0 Å². The molecule has 0 aliphatic carbocycles. The Morgan fingerprint density at radius 1 is 1.20 bits per heavy atom. The highest BCUT2D eigenvalue weighted by Crippen LogP contribution is 2.19. The number of esters is 1. The Morgan fingerprint density at radius 3 is 2.48 bits per heavy atom. The smallest absolute Gasteiger partial charge is 0.343 e. The van der Waals surface area contributed by atoms with Crippen LogP contribution in [0.2, 0.25) is 0 Å². The van der Waals surface area contributed by atoms with Crippen LogP contribution < -0.4 is 5.32 Å². The van der Waals surface area contributed by atoms with Gasteiger partial charge in [0, 0.05) is 18.3 Å². The second-order valence-corrected chi connectivity index (χ2v) is 4.83. The molecule has 6 nitrogen and oxygen atoms in total. The lowest BCUT2D eigenvalue weighted by Gasteiger charge is -2.08. The van der Waals surface area contributed by atoms with E-state index in [1.165, 1.54) is 13.0 Å². The molecule has 0 spiro atoms. The maximum absolute atomic E-state index is 13.8. The number of rotatable bonds is 6. The third-order valence-electron chi connectivity index (χ3n) is 2.98. The van der Waals surface area contributed by atoms with Crippen LogP contribution in [0.25, 0.3) is 0 Å². The van der Waals surface area contributed by atoms with Crippen molar-refractivity contribution in [2.75, 3.05) is 11.9 Å². The molecule has 0 bridgehead atoms. The van der Waals surface area contributed by atoms with Gasteiger partial charge in [0.2, 0.25) is 11.7 Å². The van der Waals surface area contributed by atoms with E-state index in [2.05, 4.69) is 10.5 Å². The summed E-state index contributed by atoms with van der Waals surface area (Å²) in [5, 5.41) is 6.09. The number of halogens is 3. The highest BCUT2D eigenvalue weighted by molar-refractivity contribution is 6.24. The standard InChI is InChI=1S/C16H13F3N2O4/c1-3-24-16(23)10(7-20-14-4-8(2)21-25-14)15(22)9-5-12(18)13(19)6-11(9)17/h4-7,20H,3H2,1-2H3/b10-7-. The fourth-order valence-electron chi connectivity index (χ4n) is 1.84. The van der Waals surface area contributed by atoms with Crippen LogP contribution >= 0.6 is 0 Å². The molecule has 0 radical (unpaired) electrons. The number of Topliss-reactive ketones (excluding diaryl/α,β-unsaturated/α-hetero) is 1. The second kappa shape index (κ2) is 7.65. The molecule has 0 saturated carbocycles. The minimum atomic E-state index is -1.45. The van der Waals surface area contributed by atoms with Crippen molar-refractivity contribution >= 4 is 17.6 Å². The molecule has 1 N–H and O–H groups in total. The van der Waals surface area contributed by atoms with Crippen LogP contribution in [0.5, 0.6) is 0 Å². The Kier molecular flexibility index (Phi) is 5.58. The normalized spacial score (nSPS) is 11.3. The predicted octanol–water partition coefficient (Wildman–Crippen LogP) is 3.14. The van der Waals surface area contributed by atoms with E-state index in [1.807, 2.05) is 0 Å². The summed E-state index contributed by atoms with van der Waals surface area (Å²) in [6, 6.07) is 2.07. The number of nitrogens with one attached hydrogen (secondary N) is 1. The first-order chi connectivity index (χ1) is 11.8. The molecule has 0 fully saturated rings. The number of anilines is 1. The SMILES string of the molecule is CCOC(=O)/C(=C\Nc1cc(C)no1)C(=O)c1cc(F)c(F)cc1F. The van der Waals surface area contributed by atoms with Gasteiger partial charge in [-0.2, -0.15) is 0 Å². The first-order valence-corrected chi connectivity index (χ1v) is 7.09. The van der Waals surface area contributed by atoms with Crippen molar-refractivity contribution in [3.8, 4) is 0 Å². The van der Waals surface area contributed by atoms with Gasteiger partial charge >= 0.3 is 5.97 Å². The van der Waals surface area contributed by atoms with Gasteiger partial charge in [0.1, 0.15) is 11.4 Å². The summed E-state index contributed by atoms with van der Waals surface area (Å²) in [5.74, 6) is -6.33. The van der Waals surface area contributed by atoms with Crippen LogP contribution in [-0.2, 0) is 9.53 Å². The molecular weight excluding hydrogens is 341 g/mol. The fourth-order valence-corrected chi connectivity index (χ4v) is 1.84. The number of aromatic nitrogens is 1. The Labute approximate surface area is 140 Å². The van der Waals surface area contributed by atoms with E-state index in [4.69, 9.17) is 9.26 Å². The summed E-state index contributed by atoms with van der Waals surface area (Å²) in [7, 11) is 0. The van der Waals surface area contributed by atoms with Crippen molar-refractivity contribution in [3.63, 3.8) is 0 Å². The zero-order valence-electron chi connectivity index (χ0n) is 13.2. The van der Waals surface area contributed by atoms with Crippen LogP contribution in [0.4, 0.5) is 19.1 Å². The number of ether oxygens (including phenoxy) is 1. The van der Waals surface area contributed by atoms with Crippen LogP contribution in [0.3, 0.4) is 0 Å². The van der Waals surface area contributed by atoms with Crippen LogP contribution in [0.1, 0.15) is 23.0 Å². The van der Waals surface area contributed by atoms with Crippen molar-refractivity contribution in [3.05, 3.63) is 58.7 Å². The molecule has 0 saturated heterocycles. The Hall–Kier alpha value is -3.10. The Morgan fingerprint density at radius 2 is 1.88 bits per heavy atom. The van der Waals surface area contributed by atoms with Gasteiger partial charge in [-0.25, -0.2) is 18.0 Å². The Bertz CT molecular complexity index is 846. The number of carbonyl (C=O) groups excluding carboxylic acids is 2. The molecule has 1 aromatic heterocycles. The topological polar surface area (TPSA) is 81.4 Å². The molecule has 0 atom stereocenters. The van der Waals surface area contributed by atoms with E-state index in [0.29, 0.717) is 11.8 Å². The lowest BCUT2D eigenvalue weighted by molar-refractivity contribution is -0.138. The monoisotopic (exact) mass is 354 g/mol. The average molecular weight is 354 g/mol. The van der Waals surface area contributed by atoms with Crippen LogP contribution in [0.15, 0.2) is 34.5 Å². The molecule has 0 amide bonds. The Balaban J connectivity index is 2.39. The van der Waals surface area contributed by atoms with Gasteiger partial charge in [0.15, 0.2) is 11.6 Å². The third kappa shape index (κ3) is 4.25. The fraction of sp³-hybridized carbons (Fsp3) is 0.188. The molecule has 2 aromatic rings. The number of hydrogen-bond donors (Lipinski definition) is 1. The molecule has 132 valence electrons. The molecule has 0 aliphatic rings. The molecule has 9 heteroatoms. The summed E-state index contributed by atoms with van der Waals surface area (Å²) in [6.07, 6.45) is 0.918. The van der Waals surface area contributed by atoms with E-state index in [9.17, 15) is 22.8 Å². The summed E-state index contributed by atoms with van der Waals surface area (Å²) in [5.41, 5.74) is -0.902. The highest BCUT2D eigenvalue weighted by atomic mass is 19.2. The quantitative estimate of drug-likeness (QED) is 0.214. The second-order valence-electron chi connectivity index (χ2n) is 4.83. The molecule has 1 heterocycles. The van der Waals surface area contributed by atoms with Gasteiger partial charge in [-0.1, -0.05) is 5.16 Å². The summed E-state index contributed by atoms with van der Waals surface area (Å²) >= 11 is 0.